The highest BCUT2D eigenvalue weighted by Crippen LogP contribution is 2.21. The number of carbonyl (C=O) groups excluding carboxylic acids is 1. The zero-order valence-electron chi connectivity index (χ0n) is 13.2. The van der Waals surface area contributed by atoms with Crippen LogP contribution in [0.2, 0.25) is 0 Å². The van der Waals surface area contributed by atoms with E-state index in [0.29, 0.717) is 22.3 Å². The van der Waals surface area contributed by atoms with Gasteiger partial charge in [0.25, 0.3) is 5.91 Å². The van der Waals surface area contributed by atoms with Gasteiger partial charge < -0.3 is 15.4 Å². The first-order valence-corrected chi connectivity index (χ1v) is 8.13. The number of carbonyl (C=O) groups is 1. The Morgan fingerprint density at radius 3 is 2.62 bits per heavy atom. The highest BCUT2D eigenvalue weighted by atomic mass is 32.1. The molecular weight excluding hydrogens is 324 g/mol. The highest BCUT2D eigenvalue weighted by molar-refractivity contribution is 7.14. The zero-order chi connectivity index (χ0) is 16.9. The number of ether oxygens (including phenoxy) is 1. The number of hydrogen-bond acceptors (Lipinski definition) is 6. The van der Waals surface area contributed by atoms with Crippen LogP contribution in [0.25, 0.3) is 0 Å². The van der Waals surface area contributed by atoms with Crippen LogP contribution >= 0.6 is 11.3 Å². The first-order valence-electron chi connectivity index (χ1n) is 7.25. The number of pyridine rings is 1. The lowest BCUT2D eigenvalue weighted by Gasteiger charge is -2.04. The van der Waals surface area contributed by atoms with Crippen molar-refractivity contribution in [2.75, 3.05) is 17.7 Å². The summed E-state index contributed by atoms with van der Waals surface area (Å²) in [7, 11) is 1.60. The average Bonchev–Trinajstić information content (AvgIpc) is 3.04. The van der Waals surface area contributed by atoms with Gasteiger partial charge in [-0.05, 0) is 43.3 Å². The van der Waals surface area contributed by atoms with Crippen LogP contribution in [0.1, 0.15) is 16.2 Å². The molecule has 0 aliphatic heterocycles. The lowest BCUT2D eigenvalue weighted by atomic mass is 10.3. The molecule has 0 bridgehead atoms. The number of anilines is 3. The van der Waals surface area contributed by atoms with Crippen molar-refractivity contribution in [1.82, 2.24) is 9.97 Å². The number of nitrogens with zero attached hydrogens (tertiary/aromatic N) is 2. The summed E-state index contributed by atoms with van der Waals surface area (Å²) in [6.07, 6.45) is 0. The van der Waals surface area contributed by atoms with Crippen molar-refractivity contribution in [3.05, 3.63) is 59.2 Å². The van der Waals surface area contributed by atoms with Gasteiger partial charge in [-0.25, -0.2) is 9.97 Å². The molecule has 24 heavy (non-hydrogen) atoms. The van der Waals surface area contributed by atoms with E-state index in [1.807, 2.05) is 25.1 Å². The fraction of sp³-hybridized carbons (Fsp3) is 0.118. The Balaban J connectivity index is 1.66. The fourth-order valence-electron chi connectivity index (χ4n) is 2.03. The number of hydrogen-bond donors (Lipinski definition) is 2. The molecule has 2 aromatic heterocycles. The molecule has 2 N–H and O–H groups in total. The molecule has 0 saturated heterocycles. The molecule has 6 nitrogen and oxygen atoms in total. The normalized spacial score (nSPS) is 10.2. The third-order valence-electron chi connectivity index (χ3n) is 3.21. The van der Waals surface area contributed by atoms with Gasteiger partial charge in [0.1, 0.15) is 17.3 Å². The van der Waals surface area contributed by atoms with E-state index in [-0.39, 0.29) is 5.91 Å². The second-order valence-electron chi connectivity index (χ2n) is 5.01. The van der Waals surface area contributed by atoms with Gasteiger partial charge in [-0.2, -0.15) is 0 Å². The first kappa shape index (κ1) is 15.9. The lowest BCUT2D eigenvalue weighted by molar-refractivity contribution is 0.102. The van der Waals surface area contributed by atoms with Crippen molar-refractivity contribution in [3.8, 4) is 5.75 Å². The third-order valence-corrected chi connectivity index (χ3v) is 3.97. The van der Waals surface area contributed by atoms with Crippen LogP contribution in [0, 0.1) is 6.92 Å². The van der Waals surface area contributed by atoms with Crippen molar-refractivity contribution < 1.29 is 9.53 Å². The number of rotatable bonds is 5. The Labute approximate surface area is 143 Å². The zero-order valence-corrected chi connectivity index (χ0v) is 14.1. The van der Waals surface area contributed by atoms with E-state index in [4.69, 9.17) is 4.74 Å². The summed E-state index contributed by atoms with van der Waals surface area (Å²) in [6.45, 7) is 1.92. The third kappa shape index (κ3) is 3.88. The second kappa shape index (κ2) is 7.10. The minimum absolute atomic E-state index is 0.262. The van der Waals surface area contributed by atoms with Gasteiger partial charge >= 0.3 is 0 Å². The standard InChI is InChI=1S/C17H16N4O2S/c1-11-4-3-5-15(18-11)21-17-20-14(10-24-17)16(22)19-12-6-8-13(23-2)9-7-12/h3-10H,1-2H3,(H,19,22)(H,18,20,21). The van der Waals surface area contributed by atoms with Gasteiger partial charge in [0.05, 0.1) is 7.11 Å². The summed E-state index contributed by atoms with van der Waals surface area (Å²) >= 11 is 1.35. The molecule has 1 amide bonds. The summed E-state index contributed by atoms with van der Waals surface area (Å²) in [4.78, 5) is 20.9. The quantitative estimate of drug-likeness (QED) is 0.738. The summed E-state index contributed by atoms with van der Waals surface area (Å²) < 4.78 is 5.09. The molecule has 7 heteroatoms. The Kier molecular flexibility index (Phi) is 4.72. The molecule has 0 aliphatic carbocycles. The molecule has 122 valence electrons. The summed E-state index contributed by atoms with van der Waals surface area (Å²) in [6, 6.07) is 12.8. The van der Waals surface area contributed by atoms with E-state index in [2.05, 4.69) is 20.6 Å². The number of methoxy groups -OCH3 is 1. The molecule has 3 rings (SSSR count). The van der Waals surface area contributed by atoms with E-state index >= 15 is 0 Å². The molecule has 0 radical (unpaired) electrons. The van der Waals surface area contributed by atoms with Crippen LogP contribution in [0.4, 0.5) is 16.6 Å². The Bertz CT molecular complexity index is 846. The molecule has 1 aromatic carbocycles. The number of thiazole rings is 1. The van der Waals surface area contributed by atoms with Gasteiger partial charge in [-0.3, -0.25) is 4.79 Å². The Morgan fingerprint density at radius 1 is 1.12 bits per heavy atom. The topological polar surface area (TPSA) is 76.1 Å². The molecule has 0 spiro atoms. The Morgan fingerprint density at radius 2 is 1.92 bits per heavy atom. The maximum absolute atomic E-state index is 12.2. The van der Waals surface area contributed by atoms with E-state index in [0.717, 1.165) is 11.4 Å². The van der Waals surface area contributed by atoms with Gasteiger partial charge in [-0.15, -0.1) is 11.3 Å². The van der Waals surface area contributed by atoms with E-state index in [1.54, 1.807) is 36.8 Å². The van der Waals surface area contributed by atoms with Crippen molar-refractivity contribution in [2.24, 2.45) is 0 Å². The van der Waals surface area contributed by atoms with E-state index in [9.17, 15) is 4.79 Å². The second-order valence-corrected chi connectivity index (χ2v) is 5.87. The Hall–Kier alpha value is -2.93. The molecule has 3 aromatic rings. The number of amides is 1. The molecule has 2 heterocycles. The van der Waals surface area contributed by atoms with E-state index in [1.165, 1.54) is 11.3 Å². The number of aromatic nitrogens is 2. The minimum atomic E-state index is -0.262. The summed E-state index contributed by atoms with van der Waals surface area (Å²) in [5, 5.41) is 8.22. The van der Waals surface area contributed by atoms with Crippen molar-refractivity contribution in [3.63, 3.8) is 0 Å². The van der Waals surface area contributed by atoms with Crippen LogP contribution < -0.4 is 15.4 Å². The van der Waals surface area contributed by atoms with Crippen molar-refractivity contribution in [2.45, 2.75) is 6.92 Å². The van der Waals surface area contributed by atoms with Gasteiger partial charge in [0.15, 0.2) is 5.13 Å². The van der Waals surface area contributed by atoms with Gasteiger partial charge in [-0.1, -0.05) is 6.07 Å². The maximum Gasteiger partial charge on any atom is 0.275 e. The first-order chi connectivity index (χ1) is 11.6. The van der Waals surface area contributed by atoms with Gasteiger partial charge in [0.2, 0.25) is 0 Å². The predicted octanol–water partition coefficient (Wildman–Crippen LogP) is 3.85. The molecular formula is C17H16N4O2S. The van der Waals surface area contributed by atoms with Crippen LogP contribution in [0.3, 0.4) is 0 Å². The van der Waals surface area contributed by atoms with Crippen LogP contribution in [-0.2, 0) is 0 Å². The molecule has 0 fully saturated rings. The number of aryl methyl sites for hydroxylation is 1. The minimum Gasteiger partial charge on any atom is -0.497 e. The van der Waals surface area contributed by atoms with Crippen molar-refractivity contribution >= 4 is 33.9 Å². The lowest BCUT2D eigenvalue weighted by Crippen LogP contribution is -2.12. The summed E-state index contributed by atoms with van der Waals surface area (Å²) in [5.41, 5.74) is 1.95. The monoisotopic (exact) mass is 340 g/mol. The van der Waals surface area contributed by atoms with Crippen LogP contribution in [0.5, 0.6) is 5.75 Å². The largest absolute Gasteiger partial charge is 0.497 e. The van der Waals surface area contributed by atoms with Crippen LogP contribution in [-0.4, -0.2) is 23.0 Å². The van der Waals surface area contributed by atoms with Crippen molar-refractivity contribution in [1.29, 1.82) is 0 Å². The molecule has 0 unspecified atom stereocenters. The number of benzene rings is 1. The molecule has 0 aliphatic rings. The number of nitrogens with one attached hydrogen (secondary N) is 2. The highest BCUT2D eigenvalue weighted by Gasteiger charge is 2.11. The fourth-order valence-corrected chi connectivity index (χ4v) is 2.72. The average molecular weight is 340 g/mol. The van der Waals surface area contributed by atoms with Crippen LogP contribution in [0.15, 0.2) is 47.8 Å². The van der Waals surface area contributed by atoms with Gasteiger partial charge in [0, 0.05) is 16.8 Å². The molecule has 0 saturated carbocycles. The predicted molar refractivity (Wildman–Crippen MR) is 95.3 cm³/mol. The smallest absolute Gasteiger partial charge is 0.275 e. The molecule has 0 atom stereocenters. The summed E-state index contributed by atoms with van der Waals surface area (Å²) in [5.74, 6) is 1.17. The van der Waals surface area contributed by atoms with E-state index < -0.39 is 0 Å². The maximum atomic E-state index is 12.2. The SMILES string of the molecule is COc1ccc(NC(=O)c2csc(Nc3cccc(C)n3)n2)cc1.